The molecule has 0 saturated heterocycles. The van der Waals surface area contributed by atoms with Crippen LogP contribution in [0.4, 0.5) is 0 Å². The monoisotopic (exact) mass is 256 g/mol. The number of amides is 1. The highest BCUT2D eigenvalue weighted by atomic mass is 35.5. The highest BCUT2D eigenvalue weighted by Crippen LogP contribution is 2.10. The van der Waals surface area contributed by atoms with E-state index in [1.54, 1.807) is 13.0 Å². The van der Waals surface area contributed by atoms with Gasteiger partial charge in [0, 0.05) is 17.8 Å². The van der Waals surface area contributed by atoms with Crippen LogP contribution in [0.2, 0.25) is 5.15 Å². The number of rotatable bonds is 4. The van der Waals surface area contributed by atoms with Crippen molar-refractivity contribution in [2.24, 2.45) is 5.92 Å². The fourth-order valence-electron chi connectivity index (χ4n) is 1.19. The number of aliphatic carboxylic acids is 1. The van der Waals surface area contributed by atoms with Crippen molar-refractivity contribution in [3.8, 4) is 0 Å². The quantitative estimate of drug-likeness (QED) is 0.800. The van der Waals surface area contributed by atoms with E-state index in [0.29, 0.717) is 11.3 Å². The maximum atomic E-state index is 11.7. The van der Waals surface area contributed by atoms with Crippen LogP contribution < -0.4 is 5.32 Å². The van der Waals surface area contributed by atoms with Crippen LogP contribution in [-0.2, 0) is 4.79 Å². The Morgan fingerprint density at radius 2 is 2.18 bits per heavy atom. The molecule has 0 aliphatic rings. The zero-order valence-corrected chi connectivity index (χ0v) is 10.3. The van der Waals surface area contributed by atoms with Gasteiger partial charge in [0.15, 0.2) is 0 Å². The molecule has 0 saturated carbocycles. The molecule has 1 aromatic rings. The first-order valence-corrected chi connectivity index (χ1v) is 5.43. The van der Waals surface area contributed by atoms with Crippen molar-refractivity contribution in [1.29, 1.82) is 0 Å². The molecule has 1 aromatic heterocycles. The molecule has 1 amide bonds. The van der Waals surface area contributed by atoms with E-state index >= 15 is 0 Å². The number of nitrogens with zero attached hydrogens (tertiary/aromatic N) is 1. The summed E-state index contributed by atoms with van der Waals surface area (Å²) in [7, 11) is 0. The smallest absolute Gasteiger partial charge is 0.308 e. The number of carbonyl (C=O) groups is 2. The minimum absolute atomic E-state index is 0.0765. The van der Waals surface area contributed by atoms with Gasteiger partial charge in [-0.05, 0) is 19.1 Å². The summed E-state index contributed by atoms with van der Waals surface area (Å²) in [5, 5.41) is 11.4. The van der Waals surface area contributed by atoms with E-state index in [1.165, 1.54) is 13.0 Å². The van der Waals surface area contributed by atoms with Crippen LogP contribution in [0.15, 0.2) is 12.1 Å². The molecular formula is C11H13ClN2O3. The molecule has 0 aromatic carbocycles. The lowest BCUT2D eigenvalue weighted by molar-refractivity contribution is -0.140. The molecule has 5 nitrogen and oxygen atoms in total. The first-order valence-electron chi connectivity index (χ1n) is 5.05. The van der Waals surface area contributed by atoms with Crippen molar-refractivity contribution in [2.45, 2.75) is 13.8 Å². The third-order valence-corrected chi connectivity index (χ3v) is 2.37. The van der Waals surface area contributed by atoms with Gasteiger partial charge in [0.1, 0.15) is 5.15 Å². The van der Waals surface area contributed by atoms with Crippen molar-refractivity contribution >= 4 is 23.5 Å². The number of aromatic nitrogens is 1. The predicted octanol–water partition coefficient (Wildman–Crippen LogP) is 1.49. The van der Waals surface area contributed by atoms with E-state index in [0.717, 1.165) is 0 Å². The van der Waals surface area contributed by atoms with Gasteiger partial charge in [0.2, 0.25) is 0 Å². The molecule has 17 heavy (non-hydrogen) atoms. The van der Waals surface area contributed by atoms with Crippen LogP contribution >= 0.6 is 11.6 Å². The van der Waals surface area contributed by atoms with Crippen LogP contribution in [0.5, 0.6) is 0 Å². The molecule has 0 spiro atoms. The van der Waals surface area contributed by atoms with Gasteiger partial charge < -0.3 is 10.4 Å². The lowest BCUT2D eigenvalue weighted by atomic mass is 10.1. The molecule has 0 aliphatic carbocycles. The van der Waals surface area contributed by atoms with E-state index in [4.69, 9.17) is 16.7 Å². The van der Waals surface area contributed by atoms with Gasteiger partial charge in [-0.2, -0.15) is 0 Å². The minimum atomic E-state index is -0.950. The Morgan fingerprint density at radius 3 is 2.71 bits per heavy atom. The molecule has 0 aliphatic heterocycles. The zero-order chi connectivity index (χ0) is 13.0. The first-order chi connectivity index (χ1) is 7.90. The van der Waals surface area contributed by atoms with Crippen LogP contribution in [-0.4, -0.2) is 28.5 Å². The molecule has 1 atom stereocenters. The molecule has 92 valence electrons. The van der Waals surface area contributed by atoms with Crippen LogP contribution in [0, 0.1) is 12.8 Å². The van der Waals surface area contributed by atoms with E-state index < -0.39 is 11.9 Å². The number of hydrogen-bond acceptors (Lipinski definition) is 3. The molecule has 0 radical (unpaired) electrons. The average molecular weight is 257 g/mol. The second-order valence-electron chi connectivity index (χ2n) is 3.77. The Balaban J connectivity index is 2.67. The van der Waals surface area contributed by atoms with E-state index in [-0.39, 0.29) is 17.6 Å². The number of carboxylic acids is 1. The van der Waals surface area contributed by atoms with Gasteiger partial charge in [-0.25, -0.2) is 4.98 Å². The third kappa shape index (κ3) is 4.03. The molecule has 0 fully saturated rings. The highest BCUT2D eigenvalue weighted by molar-refractivity contribution is 6.29. The van der Waals surface area contributed by atoms with Gasteiger partial charge in [-0.3, -0.25) is 9.59 Å². The largest absolute Gasteiger partial charge is 0.481 e. The van der Waals surface area contributed by atoms with E-state index in [1.807, 2.05) is 0 Å². The number of carbonyl (C=O) groups excluding carboxylic acids is 1. The zero-order valence-electron chi connectivity index (χ0n) is 9.53. The highest BCUT2D eigenvalue weighted by Gasteiger charge is 2.13. The third-order valence-electron chi connectivity index (χ3n) is 2.17. The maximum absolute atomic E-state index is 11.7. The fourth-order valence-corrected chi connectivity index (χ4v) is 1.45. The average Bonchev–Trinajstić information content (AvgIpc) is 2.23. The Bertz CT molecular complexity index is 428. The summed E-state index contributed by atoms with van der Waals surface area (Å²) in [5.41, 5.74) is 1.01. The second-order valence-corrected chi connectivity index (χ2v) is 4.16. The lowest BCUT2D eigenvalue weighted by Crippen LogP contribution is -2.31. The van der Waals surface area contributed by atoms with Gasteiger partial charge in [-0.15, -0.1) is 0 Å². The summed E-state index contributed by atoms with van der Waals surface area (Å²) in [5.74, 6) is -1.93. The standard InChI is InChI=1S/C11H13ClN2O3/c1-6(11(16)17)5-13-10(15)8-3-7(2)14-9(12)4-8/h3-4,6H,5H2,1-2H3,(H,13,15)(H,16,17). The molecular weight excluding hydrogens is 244 g/mol. The molecule has 1 heterocycles. The molecule has 1 unspecified atom stereocenters. The van der Waals surface area contributed by atoms with Gasteiger partial charge >= 0.3 is 5.97 Å². The number of hydrogen-bond donors (Lipinski definition) is 2. The van der Waals surface area contributed by atoms with Gasteiger partial charge in [0.05, 0.1) is 5.92 Å². The van der Waals surface area contributed by atoms with Crippen LogP contribution in [0.1, 0.15) is 23.0 Å². The Morgan fingerprint density at radius 1 is 1.53 bits per heavy atom. The van der Waals surface area contributed by atoms with E-state index in [9.17, 15) is 9.59 Å². The van der Waals surface area contributed by atoms with Crippen molar-refractivity contribution in [3.63, 3.8) is 0 Å². The fraction of sp³-hybridized carbons (Fsp3) is 0.364. The normalized spacial score (nSPS) is 11.9. The van der Waals surface area contributed by atoms with E-state index in [2.05, 4.69) is 10.3 Å². The Hall–Kier alpha value is -1.62. The molecule has 1 rings (SSSR count). The summed E-state index contributed by atoms with van der Waals surface area (Å²) in [6, 6.07) is 3.03. The Kier molecular flexibility index (Phi) is 4.45. The van der Waals surface area contributed by atoms with Crippen molar-refractivity contribution in [3.05, 3.63) is 28.5 Å². The summed E-state index contributed by atoms with van der Waals surface area (Å²) in [6.45, 7) is 3.32. The molecule has 2 N–H and O–H groups in total. The number of aryl methyl sites for hydroxylation is 1. The Labute approximate surface area is 104 Å². The second kappa shape index (κ2) is 5.63. The van der Waals surface area contributed by atoms with Gasteiger partial charge in [0.25, 0.3) is 5.91 Å². The van der Waals surface area contributed by atoms with Crippen LogP contribution in [0.25, 0.3) is 0 Å². The summed E-state index contributed by atoms with van der Waals surface area (Å²) >= 11 is 5.72. The maximum Gasteiger partial charge on any atom is 0.308 e. The van der Waals surface area contributed by atoms with Crippen molar-refractivity contribution in [2.75, 3.05) is 6.54 Å². The minimum Gasteiger partial charge on any atom is -0.481 e. The predicted molar refractivity (Wildman–Crippen MR) is 63.1 cm³/mol. The number of pyridine rings is 1. The lowest BCUT2D eigenvalue weighted by Gasteiger charge is -2.08. The summed E-state index contributed by atoms with van der Waals surface area (Å²) in [6.07, 6.45) is 0. The van der Waals surface area contributed by atoms with Crippen LogP contribution in [0.3, 0.4) is 0 Å². The first kappa shape index (κ1) is 13.4. The SMILES string of the molecule is Cc1cc(C(=O)NCC(C)C(=O)O)cc(Cl)n1. The summed E-state index contributed by atoms with van der Waals surface area (Å²) < 4.78 is 0. The number of nitrogens with one attached hydrogen (secondary N) is 1. The summed E-state index contributed by atoms with van der Waals surface area (Å²) in [4.78, 5) is 26.2. The topological polar surface area (TPSA) is 79.3 Å². The number of halogens is 1. The van der Waals surface area contributed by atoms with Crippen molar-refractivity contribution in [1.82, 2.24) is 10.3 Å². The molecule has 0 bridgehead atoms. The van der Waals surface area contributed by atoms with Crippen molar-refractivity contribution < 1.29 is 14.7 Å². The van der Waals surface area contributed by atoms with Gasteiger partial charge in [-0.1, -0.05) is 18.5 Å². The number of carboxylic acid groups (broad SMARTS) is 1. The molecule has 6 heteroatoms.